The molecule has 1 heterocycles. The Labute approximate surface area is 118 Å². The maximum Gasteiger partial charge on any atom is 0.273 e. The molecule has 0 saturated heterocycles. The lowest BCUT2D eigenvalue weighted by molar-refractivity contribution is 0.0942. The minimum atomic E-state index is -0.169. The van der Waals surface area contributed by atoms with Gasteiger partial charge < -0.3 is 11.1 Å². The second kappa shape index (κ2) is 5.86. The third kappa shape index (κ3) is 3.23. The summed E-state index contributed by atoms with van der Waals surface area (Å²) in [7, 11) is 1.76. The Morgan fingerprint density at radius 1 is 1.53 bits per heavy atom. The number of aryl methyl sites for hydroxylation is 1. The van der Waals surface area contributed by atoms with E-state index in [1.807, 2.05) is 11.8 Å². The number of hydrogen-bond donors (Lipinski definition) is 2. The quantitative estimate of drug-likeness (QED) is 0.883. The van der Waals surface area contributed by atoms with Crippen molar-refractivity contribution in [3.05, 3.63) is 11.9 Å². The van der Waals surface area contributed by atoms with Gasteiger partial charge in [-0.25, -0.2) is 0 Å². The Morgan fingerprint density at radius 2 is 2.21 bits per heavy atom. The molecule has 1 aromatic heterocycles. The Balaban J connectivity index is 1.97. The number of carbonyl (C=O) groups excluding carboxylic acids is 1. The highest BCUT2D eigenvalue weighted by atomic mass is 32.2. The van der Waals surface area contributed by atoms with Crippen molar-refractivity contribution in [2.45, 2.75) is 36.9 Å². The smallest absolute Gasteiger partial charge is 0.273 e. The van der Waals surface area contributed by atoms with Crippen molar-refractivity contribution in [3.63, 3.8) is 0 Å². The Morgan fingerprint density at radius 3 is 2.74 bits per heavy atom. The Kier molecular flexibility index (Phi) is 4.39. The van der Waals surface area contributed by atoms with Crippen molar-refractivity contribution in [1.82, 2.24) is 15.1 Å². The summed E-state index contributed by atoms with van der Waals surface area (Å²) in [6, 6.07) is 0. The molecule has 0 atom stereocenters. The molecule has 0 unspecified atom stereocenters. The summed E-state index contributed by atoms with van der Waals surface area (Å²) in [4.78, 5) is 12.1. The fraction of sp³-hybridized carbons (Fsp3) is 0.692. The van der Waals surface area contributed by atoms with Crippen LogP contribution in [0.1, 0.15) is 42.6 Å². The van der Waals surface area contributed by atoms with E-state index < -0.39 is 0 Å². The molecule has 6 heteroatoms. The van der Waals surface area contributed by atoms with Gasteiger partial charge in [-0.15, -0.1) is 0 Å². The van der Waals surface area contributed by atoms with Crippen molar-refractivity contribution in [2.75, 3.05) is 18.5 Å². The van der Waals surface area contributed by atoms with Gasteiger partial charge in [0, 0.05) is 24.5 Å². The number of anilines is 1. The maximum absolute atomic E-state index is 12.1. The van der Waals surface area contributed by atoms with Crippen LogP contribution >= 0.6 is 11.8 Å². The molecule has 1 fully saturated rings. The first-order valence-corrected chi connectivity index (χ1v) is 7.91. The van der Waals surface area contributed by atoms with Crippen LogP contribution in [0.2, 0.25) is 0 Å². The van der Waals surface area contributed by atoms with E-state index in [0.29, 0.717) is 17.9 Å². The minimum absolute atomic E-state index is 0.169. The van der Waals surface area contributed by atoms with Gasteiger partial charge in [0.25, 0.3) is 5.91 Å². The molecule has 19 heavy (non-hydrogen) atoms. The Hall–Kier alpha value is -1.17. The van der Waals surface area contributed by atoms with Crippen LogP contribution < -0.4 is 11.1 Å². The van der Waals surface area contributed by atoms with Crippen molar-refractivity contribution >= 4 is 23.4 Å². The minimum Gasteiger partial charge on any atom is -0.396 e. The summed E-state index contributed by atoms with van der Waals surface area (Å²) < 4.78 is 1.76. The van der Waals surface area contributed by atoms with E-state index >= 15 is 0 Å². The number of rotatable bonds is 4. The van der Waals surface area contributed by atoms with E-state index in [2.05, 4.69) is 16.7 Å². The van der Waals surface area contributed by atoms with Crippen LogP contribution in [-0.4, -0.2) is 33.2 Å². The van der Waals surface area contributed by atoms with Gasteiger partial charge in [-0.1, -0.05) is 19.3 Å². The van der Waals surface area contributed by atoms with Crippen LogP contribution in [-0.2, 0) is 7.05 Å². The molecule has 1 aliphatic rings. The summed E-state index contributed by atoms with van der Waals surface area (Å²) in [6.45, 7) is 0.697. The average molecular weight is 282 g/mol. The number of hydrogen-bond acceptors (Lipinski definition) is 4. The van der Waals surface area contributed by atoms with Gasteiger partial charge >= 0.3 is 0 Å². The molecule has 2 rings (SSSR count). The number of nitrogen functional groups attached to an aromatic ring is 1. The lowest BCUT2D eigenvalue weighted by Crippen LogP contribution is -2.42. The lowest BCUT2D eigenvalue weighted by atomic mass is 9.88. The molecule has 1 saturated carbocycles. The standard InChI is InChI=1S/C13H22N4OS/c1-17-8-10(14)11(16-17)12(18)15-9-13(19-2)6-4-3-5-7-13/h8H,3-7,9,14H2,1-2H3,(H,15,18). The zero-order chi connectivity index (χ0) is 13.9. The number of carbonyl (C=O) groups is 1. The third-order valence-electron chi connectivity index (χ3n) is 3.84. The molecule has 5 nitrogen and oxygen atoms in total. The molecule has 0 spiro atoms. The molecule has 1 amide bonds. The van der Waals surface area contributed by atoms with Crippen LogP contribution in [0.25, 0.3) is 0 Å². The van der Waals surface area contributed by atoms with E-state index in [1.165, 1.54) is 32.1 Å². The fourth-order valence-corrected chi connectivity index (χ4v) is 3.57. The van der Waals surface area contributed by atoms with Crippen LogP contribution in [0, 0.1) is 0 Å². The largest absolute Gasteiger partial charge is 0.396 e. The number of nitrogens with zero attached hydrogens (tertiary/aromatic N) is 2. The fourth-order valence-electron chi connectivity index (χ4n) is 2.66. The summed E-state index contributed by atoms with van der Waals surface area (Å²) in [5.74, 6) is -0.169. The van der Waals surface area contributed by atoms with Crippen molar-refractivity contribution < 1.29 is 4.79 Å². The van der Waals surface area contributed by atoms with Gasteiger partial charge in [0.1, 0.15) is 0 Å². The monoisotopic (exact) mass is 282 g/mol. The van der Waals surface area contributed by atoms with E-state index in [9.17, 15) is 4.79 Å². The van der Waals surface area contributed by atoms with Crippen LogP contribution in [0.15, 0.2) is 6.20 Å². The van der Waals surface area contributed by atoms with Crippen LogP contribution in [0.4, 0.5) is 5.69 Å². The van der Waals surface area contributed by atoms with E-state index in [-0.39, 0.29) is 10.7 Å². The highest BCUT2D eigenvalue weighted by molar-refractivity contribution is 8.00. The number of nitrogens with one attached hydrogen (secondary N) is 1. The molecule has 106 valence electrons. The lowest BCUT2D eigenvalue weighted by Gasteiger charge is -2.35. The van der Waals surface area contributed by atoms with Crippen LogP contribution in [0.3, 0.4) is 0 Å². The summed E-state index contributed by atoms with van der Waals surface area (Å²) in [6.07, 6.45) is 9.94. The predicted molar refractivity (Wildman–Crippen MR) is 79.3 cm³/mol. The normalized spacial score (nSPS) is 18.2. The van der Waals surface area contributed by atoms with Crippen LogP contribution in [0.5, 0.6) is 0 Å². The summed E-state index contributed by atoms with van der Waals surface area (Å²) >= 11 is 1.87. The van der Waals surface area contributed by atoms with Crippen molar-refractivity contribution in [2.24, 2.45) is 7.05 Å². The first kappa shape index (κ1) is 14.2. The average Bonchev–Trinajstić information content (AvgIpc) is 2.76. The zero-order valence-electron chi connectivity index (χ0n) is 11.6. The van der Waals surface area contributed by atoms with Gasteiger partial charge in [0.2, 0.25) is 0 Å². The second-order valence-corrected chi connectivity index (χ2v) is 6.51. The van der Waals surface area contributed by atoms with Gasteiger partial charge in [-0.05, 0) is 19.1 Å². The van der Waals surface area contributed by atoms with Gasteiger partial charge in [0.05, 0.1) is 5.69 Å². The van der Waals surface area contributed by atoms with Crippen molar-refractivity contribution in [3.8, 4) is 0 Å². The van der Waals surface area contributed by atoms with E-state index in [4.69, 9.17) is 5.73 Å². The number of nitrogens with two attached hydrogens (primary N) is 1. The summed E-state index contributed by atoms with van der Waals surface area (Å²) in [5.41, 5.74) is 6.53. The highest BCUT2D eigenvalue weighted by Crippen LogP contribution is 2.37. The zero-order valence-corrected chi connectivity index (χ0v) is 12.4. The summed E-state index contributed by atoms with van der Waals surface area (Å²) in [5, 5.41) is 7.09. The van der Waals surface area contributed by atoms with Gasteiger partial charge in [-0.2, -0.15) is 16.9 Å². The molecular weight excluding hydrogens is 260 g/mol. The molecular formula is C13H22N4OS. The van der Waals surface area contributed by atoms with E-state index in [0.717, 1.165) is 0 Å². The molecule has 0 bridgehead atoms. The predicted octanol–water partition coefficient (Wildman–Crippen LogP) is 1.80. The number of thioether (sulfide) groups is 1. The SMILES string of the molecule is CSC1(CNC(=O)c2nn(C)cc2N)CCCCC1. The molecule has 0 radical (unpaired) electrons. The second-order valence-electron chi connectivity index (χ2n) is 5.24. The molecule has 3 N–H and O–H groups in total. The maximum atomic E-state index is 12.1. The van der Waals surface area contributed by atoms with E-state index in [1.54, 1.807) is 17.9 Å². The molecule has 0 aliphatic heterocycles. The molecule has 1 aromatic rings. The highest BCUT2D eigenvalue weighted by Gasteiger charge is 2.31. The number of aromatic nitrogens is 2. The molecule has 0 aromatic carbocycles. The molecule has 1 aliphatic carbocycles. The topological polar surface area (TPSA) is 72.9 Å². The Bertz CT molecular complexity index is 451. The van der Waals surface area contributed by atoms with Gasteiger partial charge in [0.15, 0.2) is 5.69 Å². The van der Waals surface area contributed by atoms with Crippen molar-refractivity contribution in [1.29, 1.82) is 0 Å². The number of amides is 1. The van der Waals surface area contributed by atoms with Gasteiger partial charge in [-0.3, -0.25) is 9.48 Å². The third-order valence-corrected chi connectivity index (χ3v) is 5.26. The first-order chi connectivity index (χ1) is 9.06. The first-order valence-electron chi connectivity index (χ1n) is 6.69.